The molecule has 4 rings (SSSR count). The van der Waals surface area contributed by atoms with Gasteiger partial charge in [-0.2, -0.15) is 5.26 Å². The summed E-state index contributed by atoms with van der Waals surface area (Å²) in [5.41, 5.74) is 2.14. The van der Waals surface area contributed by atoms with Crippen molar-refractivity contribution in [3.63, 3.8) is 0 Å². The highest BCUT2D eigenvalue weighted by Gasteiger charge is 2.11. The van der Waals surface area contributed by atoms with Crippen LogP contribution in [0.1, 0.15) is 37.7 Å². The van der Waals surface area contributed by atoms with E-state index in [0.717, 1.165) is 48.2 Å². The minimum atomic E-state index is 0.0384. The van der Waals surface area contributed by atoms with Crippen molar-refractivity contribution in [3.05, 3.63) is 60.3 Å². The normalized spacial score (nSPS) is 14.2. The zero-order valence-electron chi connectivity index (χ0n) is 17.6. The van der Waals surface area contributed by atoms with Gasteiger partial charge in [0.05, 0.1) is 11.6 Å². The van der Waals surface area contributed by atoms with E-state index in [0.29, 0.717) is 17.8 Å². The SMILES string of the molecule is N#Cc1cccc(Nc2nccc3ccc(NC(=O)CCCN4CCCCC4)cc23)c1. The molecule has 6 heteroatoms. The summed E-state index contributed by atoms with van der Waals surface area (Å²) >= 11 is 0. The largest absolute Gasteiger partial charge is 0.340 e. The highest BCUT2D eigenvalue weighted by atomic mass is 16.1. The molecule has 0 unspecified atom stereocenters. The van der Waals surface area contributed by atoms with Crippen molar-refractivity contribution in [2.24, 2.45) is 0 Å². The van der Waals surface area contributed by atoms with E-state index >= 15 is 0 Å². The fraction of sp³-hybridized carbons (Fsp3) is 0.320. The Balaban J connectivity index is 1.42. The van der Waals surface area contributed by atoms with Crippen molar-refractivity contribution in [1.29, 1.82) is 5.26 Å². The van der Waals surface area contributed by atoms with Crippen molar-refractivity contribution in [1.82, 2.24) is 9.88 Å². The van der Waals surface area contributed by atoms with Crippen molar-refractivity contribution in [2.75, 3.05) is 30.3 Å². The van der Waals surface area contributed by atoms with E-state index in [2.05, 4.69) is 26.6 Å². The Bertz CT molecular complexity index is 1100. The molecule has 0 saturated carbocycles. The Hall–Kier alpha value is -3.43. The Morgan fingerprint density at radius 3 is 2.77 bits per heavy atom. The highest BCUT2D eigenvalue weighted by Crippen LogP contribution is 2.27. The molecule has 31 heavy (non-hydrogen) atoms. The van der Waals surface area contributed by atoms with Crippen molar-refractivity contribution >= 4 is 33.9 Å². The van der Waals surface area contributed by atoms with Gasteiger partial charge in [-0.1, -0.05) is 18.6 Å². The Morgan fingerprint density at radius 2 is 1.94 bits per heavy atom. The maximum atomic E-state index is 12.4. The van der Waals surface area contributed by atoms with Crippen LogP contribution in [0.2, 0.25) is 0 Å². The van der Waals surface area contributed by atoms with Crippen LogP contribution in [0.5, 0.6) is 0 Å². The van der Waals surface area contributed by atoms with Crippen LogP contribution in [0.25, 0.3) is 10.8 Å². The van der Waals surface area contributed by atoms with Crippen LogP contribution in [0.15, 0.2) is 54.7 Å². The van der Waals surface area contributed by atoms with Crippen LogP contribution >= 0.6 is 0 Å². The molecule has 0 atom stereocenters. The molecule has 1 saturated heterocycles. The number of amides is 1. The van der Waals surface area contributed by atoms with E-state index < -0.39 is 0 Å². The number of hydrogen-bond acceptors (Lipinski definition) is 5. The standard InChI is InChI=1S/C25H27N5O/c26-18-19-6-4-7-21(16-19)29-25-23-17-22(10-9-20(23)11-12-27-25)28-24(31)8-5-15-30-13-2-1-3-14-30/h4,6-7,9-12,16-17H,1-3,5,8,13-15H2,(H,27,29)(H,28,31). The maximum absolute atomic E-state index is 12.4. The Labute approximate surface area is 182 Å². The predicted octanol–water partition coefficient (Wildman–Crippen LogP) is 5.05. The molecule has 1 aliphatic rings. The molecule has 3 aromatic rings. The molecule has 2 aromatic carbocycles. The van der Waals surface area contributed by atoms with Crippen LogP contribution < -0.4 is 10.6 Å². The number of aromatic nitrogens is 1. The first-order valence-electron chi connectivity index (χ1n) is 10.9. The molecule has 2 heterocycles. The number of likely N-dealkylation sites (tertiary alicyclic amines) is 1. The quantitative estimate of drug-likeness (QED) is 0.566. The molecule has 2 N–H and O–H groups in total. The van der Waals surface area contributed by atoms with Crippen LogP contribution in [-0.2, 0) is 4.79 Å². The zero-order chi connectivity index (χ0) is 21.5. The molecule has 1 aliphatic heterocycles. The van der Waals surface area contributed by atoms with E-state index in [4.69, 9.17) is 5.26 Å². The molecule has 6 nitrogen and oxygen atoms in total. The van der Waals surface area contributed by atoms with Crippen LogP contribution in [0.3, 0.4) is 0 Å². The smallest absolute Gasteiger partial charge is 0.224 e. The minimum absolute atomic E-state index is 0.0384. The topological polar surface area (TPSA) is 81.0 Å². The van der Waals surface area contributed by atoms with Crippen LogP contribution in [-0.4, -0.2) is 35.4 Å². The average molecular weight is 414 g/mol. The van der Waals surface area contributed by atoms with Gasteiger partial charge in [-0.3, -0.25) is 4.79 Å². The summed E-state index contributed by atoms with van der Waals surface area (Å²) in [6.07, 6.45) is 7.02. The molecular formula is C25H27N5O. The number of pyridine rings is 1. The second kappa shape index (κ2) is 10.1. The number of nitrogens with one attached hydrogen (secondary N) is 2. The van der Waals surface area contributed by atoms with Gasteiger partial charge in [0.15, 0.2) is 0 Å². The predicted molar refractivity (Wildman–Crippen MR) is 124 cm³/mol. The van der Waals surface area contributed by atoms with Crippen LogP contribution in [0, 0.1) is 11.3 Å². The van der Waals surface area contributed by atoms with Gasteiger partial charge in [-0.05, 0) is 80.7 Å². The maximum Gasteiger partial charge on any atom is 0.224 e. The monoisotopic (exact) mass is 413 g/mol. The van der Waals surface area contributed by atoms with E-state index in [1.165, 1.54) is 19.3 Å². The number of carbonyl (C=O) groups is 1. The third-order valence-corrected chi connectivity index (χ3v) is 5.63. The molecular weight excluding hydrogens is 386 g/mol. The first-order valence-corrected chi connectivity index (χ1v) is 10.9. The summed E-state index contributed by atoms with van der Waals surface area (Å²) in [5, 5.41) is 17.4. The molecule has 0 spiro atoms. The summed E-state index contributed by atoms with van der Waals surface area (Å²) in [6.45, 7) is 3.31. The van der Waals surface area contributed by atoms with E-state index in [1.54, 1.807) is 18.3 Å². The molecule has 1 fully saturated rings. The summed E-state index contributed by atoms with van der Waals surface area (Å²) in [7, 11) is 0. The average Bonchev–Trinajstić information content (AvgIpc) is 2.80. The van der Waals surface area contributed by atoms with Gasteiger partial charge in [-0.25, -0.2) is 4.98 Å². The molecule has 1 amide bonds. The lowest BCUT2D eigenvalue weighted by Gasteiger charge is -2.26. The second-order valence-electron chi connectivity index (χ2n) is 7.97. The number of anilines is 3. The number of nitrogens with zero attached hydrogens (tertiary/aromatic N) is 3. The van der Waals surface area contributed by atoms with Gasteiger partial charge in [0.2, 0.25) is 5.91 Å². The first-order chi connectivity index (χ1) is 15.2. The first kappa shape index (κ1) is 20.8. The molecule has 1 aromatic heterocycles. The lowest BCUT2D eigenvalue weighted by molar-refractivity contribution is -0.116. The van der Waals surface area contributed by atoms with Gasteiger partial charge in [0.1, 0.15) is 5.82 Å². The molecule has 0 aliphatic carbocycles. The van der Waals surface area contributed by atoms with E-state index in [9.17, 15) is 4.79 Å². The number of fused-ring (bicyclic) bond motifs is 1. The summed E-state index contributed by atoms with van der Waals surface area (Å²) in [4.78, 5) is 19.4. The van der Waals surface area contributed by atoms with Crippen molar-refractivity contribution in [3.8, 4) is 6.07 Å². The Morgan fingerprint density at radius 1 is 1.06 bits per heavy atom. The highest BCUT2D eigenvalue weighted by molar-refractivity contribution is 5.98. The van der Waals surface area contributed by atoms with Crippen molar-refractivity contribution in [2.45, 2.75) is 32.1 Å². The lowest BCUT2D eigenvalue weighted by Crippen LogP contribution is -2.31. The number of rotatable bonds is 7. The van der Waals surface area contributed by atoms with Gasteiger partial charge in [0, 0.05) is 29.4 Å². The van der Waals surface area contributed by atoms with Crippen LogP contribution in [0.4, 0.5) is 17.2 Å². The number of benzene rings is 2. The third kappa shape index (κ3) is 5.59. The fourth-order valence-corrected chi connectivity index (χ4v) is 4.02. The number of piperidine rings is 1. The minimum Gasteiger partial charge on any atom is -0.340 e. The van der Waals surface area contributed by atoms with Crippen molar-refractivity contribution < 1.29 is 4.79 Å². The van der Waals surface area contributed by atoms with Gasteiger partial charge < -0.3 is 15.5 Å². The third-order valence-electron chi connectivity index (χ3n) is 5.63. The summed E-state index contributed by atoms with van der Waals surface area (Å²) < 4.78 is 0. The number of carbonyl (C=O) groups excluding carboxylic acids is 1. The van der Waals surface area contributed by atoms with Gasteiger partial charge >= 0.3 is 0 Å². The molecule has 158 valence electrons. The molecule has 0 radical (unpaired) electrons. The molecule has 0 bridgehead atoms. The number of nitriles is 1. The number of hydrogen-bond donors (Lipinski definition) is 2. The summed E-state index contributed by atoms with van der Waals surface area (Å²) in [6, 6.07) is 17.2. The fourth-order valence-electron chi connectivity index (χ4n) is 4.02. The van der Waals surface area contributed by atoms with Gasteiger partial charge in [0.25, 0.3) is 0 Å². The zero-order valence-corrected chi connectivity index (χ0v) is 17.6. The summed E-state index contributed by atoms with van der Waals surface area (Å²) in [5.74, 6) is 0.727. The van der Waals surface area contributed by atoms with E-state index in [-0.39, 0.29) is 5.91 Å². The lowest BCUT2D eigenvalue weighted by atomic mass is 10.1. The second-order valence-corrected chi connectivity index (χ2v) is 7.97. The van der Waals surface area contributed by atoms with E-state index in [1.807, 2.05) is 36.4 Å². The van der Waals surface area contributed by atoms with Gasteiger partial charge in [-0.15, -0.1) is 0 Å². The Kier molecular flexibility index (Phi) is 6.75.